The lowest BCUT2D eigenvalue weighted by molar-refractivity contribution is -0.351. The molecule has 16 nitrogen and oxygen atoms in total. The smallest absolute Gasteiger partial charge is 0.303 e. The minimum absolute atomic E-state index is 0.0102. The largest absolute Gasteiger partial charge is 0.463 e. The molecule has 0 aliphatic carbocycles. The summed E-state index contributed by atoms with van der Waals surface area (Å²) in [6, 6.07) is 8.96. The van der Waals surface area contributed by atoms with Crippen molar-refractivity contribution in [1.29, 1.82) is 0 Å². The molecule has 3 rings (SSSR count). The first-order valence-electron chi connectivity index (χ1n) is 14.3. The zero-order valence-corrected chi connectivity index (χ0v) is 26.2. The lowest BCUT2D eigenvalue weighted by atomic mass is 9.97. The van der Waals surface area contributed by atoms with E-state index < -0.39 is 97.7 Å². The molecule has 2 fully saturated rings. The van der Waals surface area contributed by atoms with Gasteiger partial charge in [-0.3, -0.25) is 28.8 Å². The lowest BCUT2D eigenvalue weighted by Crippen LogP contribution is -2.65. The quantitative estimate of drug-likeness (QED) is 0.227. The Labute approximate surface area is 264 Å². The SMILES string of the molecule is CC(=O)OC[C@H]1O[C@@H](OCc2ccccc2)[C@H](OC(C)=O)[C@@H](OC(C)=O)[C@@H]1O[C@@H]1OC[C@@H](OC(C)=O)[C@H](OC(C)=O)[C@H]1OC(C)=O. The summed E-state index contributed by atoms with van der Waals surface area (Å²) < 4.78 is 56.4. The third-order valence-electron chi connectivity index (χ3n) is 6.50. The molecule has 0 saturated carbocycles. The van der Waals surface area contributed by atoms with Crippen LogP contribution in [0.5, 0.6) is 0 Å². The Hall–Kier alpha value is -4.12. The molecule has 0 bridgehead atoms. The summed E-state index contributed by atoms with van der Waals surface area (Å²) in [5.74, 6) is -4.61. The van der Waals surface area contributed by atoms with Gasteiger partial charge in [0.1, 0.15) is 18.8 Å². The van der Waals surface area contributed by atoms with E-state index in [4.69, 9.17) is 47.4 Å². The fourth-order valence-electron chi connectivity index (χ4n) is 4.89. The Morgan fingerprint density at radius 3 is 1.70 bits per heavy atom. The number of carbonyl (C=O) groups is 6. The minimum atomic E-state index is -1.56. The van der Waals surface area contributed by atoms with Crippen LogP contribution in [0.4, 0.5) is 0 Å². The summed E-state index contributed by atoms with van der Waals surface area (Å²) in [7, 11) is 0. The summed E-state index contributed by atoms with van der Waals surface area (Å²) in [6.45, 7) is 5.86. The van der Waals surface area contributed by atoms with E-state index in [1.54, 1.807) is 24.3 Å². The molecule has 0 radical (unpaired) electrons. The summed E-state index contributed by atoms with van der Waals surface area (Å²) >= 11 is 0. The van der Waals surface area contributed by atoms with Gasteiger partial charge in [0.05, 0.1) is 13.2 Å². The number of hydrogen-bond donors (Lipinski definition) is 0. The van der Waals surface area contributed by atoms with Gasteiger partial charge in [0.2, 0.25) is 0 Å². The minimum Gasteiger partial charge on any atom is -0.463 e. The molecule has 46 heavy (non-hydrogen) atoms. The number of carbonyl (C=O) groups excluding carboxylic acids is 6. The molecule has 0 aromatic heterocycles. The maximum Gasteiger partial charge on any atom is 0.303 e. The van der Waals surface area contributed by atoms with E-state index in [1.165, 1.54) is 0 Å². The van der Waals surface area contributed by atoms with E-state index in [0.717, 1.165) is 47.1 Å². The predicted molar refractivity (Wildman–Crippen MR) is 149 cm³/mol. The second-order valence-corrected chi connectivity index (χ2v) is 10.4. The van der Waals surface area contributed by atoms with E-state index in [0.29, 0.717) is 0 Å². The fraction of sp³-hybridized carbons (Fsp3) is 0.600. The van der Waals surface area contributed by atoms with Crippen LogP contribution in [0.1, 0.15) is 47.1 Å². The van der Waals surface area contributed by atoms with Gasteiger partial charge in [-0.25, -0.2) is 0 Å². The van der Waals surface area contributed by atoms with Crippen LogP contribution in [0, 0.1) is 0 Å². The second-order valence-electron chi connectivity index (χ2n) is 10.4. The molecule has 2 heterocycles. The zero-order valence-electron chi connectivity index (χ0n) is 26.2. The molecule has 0 spiro atoms. The van der Waals surface area contributed by atoms with Crippen LogP contribution < -0.4 is 0 Å². The van der Waals surface area contributed by atoms with Gasteiger partial charge in [-0.2, -0.15) is 0 Å². The third-order valence-corrected chi connectivity index (χ3v) is 6.50. The third kappa shape index (κ3) is 10.8. The zero-order chi connectivity index (χ0) is 34.0. The second kappa shape index (κ2) is 17.0. The molecule has 16 heteroatoms. The van der Waals surface area contributed by atoms with Crippen molar-refractivity contribution in [2.45, 2.75) is 103 Å². The average Bonchev–Trinajstić information content (AvgIpc) is 2.95. The average molecular weight is 655 g/mol. The van der Waals surface area contributed by atoms with Crippen molar-refractivity contribution >= 4 is 35.8 Å². The molecule has 0 unspecified atom stereocenters. The maximum atomic E-state index is 12.4. The van der Waals surface area contributed by atoms with Crippen molar-refractivity contribution in [3.63, 3.8) is 0 Å². The van der Waals surface area contributed by atoms with E-state index in [2.05, 4.69) is 0 Å². The van der Waals surface area contributed by atoms with Crippen molar-refractivity contribution in [2.75, 3.05) is 13.2 Å². The van der Waals surface area contributed by atoms with Gasteiger partial charge in [-0.05, 0) is 5.56 Å². The molecule has 2 saturated heterocycles. The van der Waals surface area contributed by atoms with Crippen molar-refractivity contribution in [1.82, 2.24) is 0 Å². The van der Waals surface area contributed by atoms with Crippen LogP contribution in [-0.2, 0) is 82.7 Å². The van der Waals surface area contributed by atoms with Crippen molar-refractivity contribution in [3.05, 3.63) is 35.9 Å². The van der Waals surface area contributed by atoms with Gasteiger partial charge in [-0.1, -0.05) is 30.3 Å². The Kier molecular flexibility index (Phi) is 13.4. The molecule has 254 valence electrons. The Bertz CT molecular complexity index is 1230. The van der Waals surface area contributed by atoms with Crippen LogP contribution in [0.15, 0.2) is 30.3 Å². The van der Waals surface area contributed by atoms with E-state index in [9.17, 15) is 28.8 Å². The highest BCUT2D eigenvalue weighted by molar-refractivity contribution is 5.69. The van der Waals surface area contributed by atoms with Gasteiger partial charge in [0, 0.05) is 41.5 Å². The van der Waals surface area contributed by atoms with Crippen LogP contribution in [0.25, 0.3) is 0 Å². The fourth-order valence-corrected chi connectivity index (χ4v) is 4.89. The Balaban J connectivity index is 2.03. The maximum absolute atomic E-state index is 12.4. The van der Waals surface area contributed by atoms with Gasteiger partial charge in [0.25, 0.3) is 0 Å². The summed E-state index contributed by atoms with van der Waals surface area (Å²) in [4.78, 5) is 72.4. The first-order chi connectivity index (χ1) is 21.7. The van der Waals surface area contributed by atoms with Crippen molar-refractivity contribution < 1.29 is 76.1 Å². The molecule has 1 aromatic carbocycles. The first kappa shape index (κ1) is 36.3. The molecule has 0 amide bonds. The van der Waals surface area contributed by atoms with E-state index >= 15 is 0 Å². The molecule has 1 aromatic rings. The number of benzene rings is 1. The number of hydrogen-bond acceptors (Lipinski definition) is 16. The number of rotatable bonds is 12. The Morgan fingerprint density at radius 1 is 0.630 bits per heavy atom. The van der Waals surface area contributed by atoms with Crippen LogP contribution in [-0.4, -0.2) is 104 Å². The summed E-state index contributed by atoms with van der Waals surface area (Å²) in [6.07, 6.45) is -12.6. The molecule has 2 aliphatic rings. The van der Waals surface area contributed by atoms with Gasteiger partial charge >= 0.3 is 35.8 Å². The highest BCUT2D eigenvalue weighted by atomic mass is 16.8. The molecule has 0 N–H and O–H groups in total. The Morgan fingerprint density at radius 2 is 1.15 bits per heavy atom. The van der Waals surface area contributed by atoms with Gasteiger partial charge < -0.3 is 47.4 Å². The lowest BCUT2D eigenvalue weighted by Gasteiger charge is -2.47. The normalized spacial score (nSPS) is 29.0. The van der Waals surface area contributed by atoms with Crippen LogP contribution in [0.3, 0.4) is 0 Å². The molecule has 9 atom stereocenters. The molecular formula is C30H38O16. The highest BCUT2D eigenvalue weighted by Gasteiger charge is 2.55. The van der Waals surface area contributed by atoms with Gasteiger partial charge in [-0.15, -0.1) is 0 Å². The number of ether oxygens (including phenoxy) is 10. The summed E-state index contributed by atoms with van der Waals surface area (Å²) in [5, 5.41) is 0. The van der Waals surface area contributed by atoms with E-state index in [1.807, 2.05) is 6.07 Å². The van der Waals surface area contributed by atoms with Crippen molar-refractivity contribution in [3.8, 4) is 0 Å². The van der Waals surface area contributed by atoms with Crippen LogP contribution >= 0.6 is 0 Å². The topological polar surface area (TPSA) is 195 Å². The molecular weight excluding hydrogens is 616 g/mol. The first-order valence-corrected chi connectivity index (χ1v) is 14.3. The van der Waals surface area contributed by atoms with Gasteiger partial charge in [0.15, 0.2) is 43.1 Å². The monoisotopic (exact) mass is 654 g/mol. The number of esters is 6. The summed E-state index contributed by atoms with van der Waals surface area (Å²) in [5.41, 5.74) is 0.741. The van der Waals surface area contributed by atoms with Crippen molar-refractivity contribution in [2.24, 2.45) is 0 Å². The van der Waals surface area contributed by atoms with Crippen LogP contribution in [0.2, 0.25) is 0 Å². The predicted octanol–water partition coefficient (Wildman–Crippen LogP) is 0.891. The molecule has 2 aliphatic heterocycles. The van der Waals surface area contributed by atoms with E-state index in [-0.39, 0.29) is 13.2 Å². The standard InChI is InChI=1S/C30H38O16/c1-15(31)37-13-23-24(46-30-27(43-19(5)35)25(41-17(3)33)22(14-39-30)40-16(2)32)26(42-18(4)34)28(44-20(6)36)29(45-23)38-12-21-10-8-7-9-11-21/h7-11,22-30H,12-14H2,1-6H3/t22-,23-,24-,25+,26+,27-,28-,29-,30+/m1/s1. The highest BCUT2D eigenvalue weighted by Crippen LogP contribution is 2.34.